The number of hydrogen-bond acceptors (Lipinski definition) is 3. The molecule has 1 fully saturated rings. The van der Waals surface area contributed by atoms with Crippen molar-refractivity contribution in [3.8, 4) is 0 Å². The van der Waals surface area contributed by atoms with Crippen molar-refractivity contribution >= 4 is 0 Å². The Balaban J connectivity index is 1.85. The maximum atomic E-state index is 6.15. The van der Waals surface area contributed by atoms with Crippen molar-refractivity contribution in [2.45, 2.75) is 44.7 Å². The van der Waals surface area contributed by atoms with Gasteiger partial charge in [-0.1, -0.05) is 19.3 Å². The molecule has 78 valence electrons. The molecule has 0 radical (unpaired) electrons. The van der Waals surface area contributed by atoms with Crippen LogP contribution >= 0.6 is 0 Å². The van der Waals surface area contributed by atoms with Crippen LogP contribution in [0, 0.1) is 5.92 Å². The minimum absolute atomic E-state index is 0.247. The Kier molecular flexibility index (Phi) is 3.14. The fourth-order valence-corrected chi connectivity index (χ4v) is 2.25. The summed E-state index contributed by atoms with van der Waals surface area (Å²) < 4.78 is 1.83. The van der Waals surface area contributed by atoms with Gasteiger partial charge in [-0.15, -0.1) is 0 Å². The molecule has 2 N–H and O–H groups in total. The summed E-state index contributed by atoms with van der Waals surface area (Å²) in [6, 6.07) is 0.247. The van der Waals surface area contributed by atoms with Crippen LogP contribution in [0.1, 0.15) is 32.1 Å². The first-order valence-electron chi connectivity index (χ1n) is 5.44. The lowest BCUT2D eigenvalue weighted by Gasteiger charge is -2.27. The molecule has 0 bridgehead atoms. The molecule has 0 unspecified atom stereocenters. The zero-order valence-electron chi connectivity index (χ0n) is 8.47. The Morgan fingerprint density at radius 1 is 1.36 bits per heavy atom. The Hall–Kier alpha value is -0.900. The molecule has 4 heteroatoms. The Morgan fingerprint density at radius 3 is 2.79 bits per heavy atom. The quantitative estimate of drug-likeness (QED) is 0.786. The summed E-state index contributed by atoms with van der Waals surface area (Å²) in [5.41, 5.74) is 6.15. The van der Waals surface area contributed by atoms with Crippen molar-refractivity contribution in [3.05, 3.63) is 12.7 Å². The van der Waals surface area contributed by atoms with Crippen molar-refractivity contribution in [2.24, 2.45) is 11.7 Å². The van der Waals surface area contributed by atoms with E-state index in [-0.39, 0.29) is 6.04 Å². The highest BCUT2D eigenvalue weighted by atomic mass is 15.3. The largest absolute Gasteiger partial charge is 0.326 e. The predicted molar refractivity (Wildman–Crippen MR) is 54.6 cm³/mol. The lowest BCUT2D eigenvalue weighted by molar-refractivity contribution is 0.279. The summed E-state index contributed by atoms with van der Waals surface area (Å²) >= 11 is 0. The normalized spacial score (nSPS) is 20.9. The van der Waals surface area contributed by atoms with Crippen LogP contribution in [-0.4, -0.2) is 20.8 Å². The SMILES string of the molecule is N[C@H](Cn1cncn1)C1CCCCC1. The van der Waals surface area contributed by atoms with E-state index < -0.39 is 0 Å². The molecule has 1 aromatic rings. The highest BCUT2D eigenvalue weighted by Gasteiger charge is 2.20. The van der Waals surface area contributed by atoms with Gasteiger partial charge in [0.25, 0.3) is 0 Å². The molecular weight excluding hydrogens is 176 g/mol. The van der Waals surface area contributed by atoms with Gasteiger partial charge in [0, 0.05) is 6.04 Å². The van der Waals surface area contributed by atoms with E-state index in [1.165, 1.54) is 32.1 Å². The third-order valence-electron chi connectivity index (χ3n) is 3.12. The molecule has 1 aliphatic rings. The molecule has 1 saturated carbocycles. The first kappa shape index (κ1) is 9.65. The molecule has 2 rings (SSSR count). The van der Waals surface area contributed by atoms with E-state index in [4.69, 9.17) is 5.73 Å². The van der Waals surface area contributed by atoms with Gasteiger partial charge in [-0.25, -0.2) is 4.98 Å². The maximum Gasteiger partial charge on any atom is 0.137 e. The number of nitrogens with zero attached hydrogens (tertiary/aromatic N) is 3. The summed E-state index contributed by atoms with van der Waals surface area (Å²) in [5.74, 6) is 0.688. The van der Waals surface area contributed by atoms with E-state index >= 15 is 0 Å². The average Bonchev–Trinajstić information content (AvgIpc) is 2.72. The van der Waals surface area contributed by atoms with E-state index in [1.807, 2.05) is 4.68 Å². The molecule has 0 aliphatic heterocycles. The summed E-state index contributed by atoms with van der Waals surface area (Å²) in [5, 5.41) is 4.08. The molecule has 0 spiro atoms. The topological polar surface area (TPSA) is 56.7 Å². The van der Waals surface area contributed by atoms with Crippen molar-refractivity contribution in [3.63, 3.8) is 0 Å². The van der Waals surface area contributed by atoms with Crippen LogP contribution in [0.15, 0.2) is 12.7 Å². The minimum Gasteiger partial charge on any atom is -0.326 e. The molecule has 0 amide bonds. The standard InChI is InChI=1S/C10H18N4/c11-10(6-14-8-12-7-13-14)9-4-2-1-3-5-9/h7-10H,1-6,11H2/t10-/m1/s1. The van der Waals surface area contributed by atoms with Crippen molar-refractivity contribution < 1.29 is 0 Å². The second kappa shape index (κ2) is 4.55. The van der Waals surface area contributed by atoms with E-state index in [0.717, 1.165) is 6.54 Å². The molecule has 0 saturated heterocycles. The summed E-state index contributed by atoms with van der Waals surface area (Å²) in [6.45, 7) is 0.810. The number of aromatic nitrogens is 3. The van der Waals surface area contributed by atoms with Crippen LogP contribution in [0.3, 0.4) is 0 Å². The zero-order valence-corrected chi connectivity index (χ0v) is 8.47. The van der Waals surface area contributed by atoms with Crippen LogP contribution < -0.4 is 5.73 Å². The van der Waals surface area contributed by atoms with Crippen molar-refractivity contribution in [2.75, 3.05) is 0 Å². The van der Waals surface area contributed by atoms with Gasteiger partial charge in [0.1, 0.15) is 12.7 Å². The van der Waals surface area contributed by atoms with Gasteiger partial charge in [0.15, 0.2) is 0 Å². The molecule has 4 nitrogen and oxygen atoms in total. The summed E-state index contributed by atoms with van der Waals surface area (Å²) in [6.07, 6.45) is 9.94. The van der Waals surface area contributed by atoms with Gasteiger partial charge in [-0.05, 0) is 18.8 Å². The van der Waals surface area contributed by atoms with Gasteiger partial charge in [-0.2, -0.15) is 5.10 Å². The molecule has 1 atom stereocenters. The number of hydrogen-bond donors (Lipinski definition) is 1. The smallest absolute Gasteiger partial charge is 0.137 e. The molecule has 1 aromatic heterocycles. The van der Waals surface area contributed by atoms with Crippen LogP contribution in [-0.2, 0) is 6.54 Å². The van der Waals surface area contributed by atoms with E-state index in [0.29, 0.717) is 5.92 Å². The molecule has 0 aromatic carbocycles. The lowest BCUT2D eigenvalue weighted by atomic mass is 9.84. The molecule has 1 aliphatic carbocycles. The van der Waals surface area contributed by atoms with Crippen LogP contribution in [0.4, 0.5) is 0 Å². The van der Waals surface area contributed by atoms with Crippen LogP contribution in [0.2, 0.25) is 0 Å². The average molecular weight is 194 g/mol. The summed E-state index contributed by atoms with van der Waals surface area (Å²) in [4.78, 5) is 3.92. The highest BCUT2D eigenvalue weighted by molar-refractivity contribution is 4.76. The van der Waals surface area contributed by atoms with Gasteiger partial charge in [0.2, 0.25) is 0 Å². The van der Waals surface area contributed by atoms with Crippen LogP contribution in [0.5, 0.6) is 0 Å². The zero-order chi connectivity index (χ0) is 9.80. The second-order valence-corrected chi connectivity index (χ2v) is 4.18. The van der Waals surface area contributed by atoms with Crippen molar-refractivity contribution in [1.29, 1.82) is 0 Å². The Bertz CT molecular complexity index is 251. The first-order chi connectivity index (χ1) is 6.86. The third kappa shape index (κ3) is 2.32. The molecular formula is C10H18N4. The fraction of sp³-hybridized carbons (Fsp3) is 0.800. The van der Waals surface area contributed by atoms with Gasteiger partial charge >= 0.3 is 0 Å². The minimum atomic E-state index is 0.247. The number of rotatable bonds is 3. The maximum absolute atomic E-state index is 6.15. The second-order valence-electron chi connectivity index (χ2n) is 4.18. The van der Waals surface area contributed by atoms with Crippen LogP contribution in [0.25, 0.3) is 0 Å². The number of nitrogens with two attached hydrogens (primary N) is 1. The highest BCUT2D eigenvalue weighted by Crippen LogP contribution is 2.25. The van der Waals surface area contributed by atoms with E-state index in [1.54, 1.807) is 12.7 Å². The first-order valence-corrected chi connectivity index (χ1v) is 5.44. The van der Waals surface area contributed by atoms with E-state index in [9.17, 15) is 0 Å². The Labute approximate surface area is 84.5 Å². The molecule has 1 heterocycles. The predicted octanol–water partition coefficient (Wildman–Crippen LogP) is 1.19. The molecule has 14 heavy (non-hydrogen) atoms. The van der Waals surface area contributed by atoms with Crippen molar-refractivity contribution in [1.82, 2.24) is 14.8 Å². The van der Waals surface area contributed by atoms with E-state index in [2.05, 4.69) is 10.1 Å². The fourth-order valence-electron chi connectivity index (χ4n) is 2.25. The van der Waals surface area contributed by atoms with Gasteiger partial charge in [0.05, 0.1) is 6.54 Å². The lowest BCUT2D eigenvalue weighted by Crippen LogP contribution is -2.35. The Morgan fingerprint density at radius 2 is 2.14 bits per heavy atom. The van der Waals surface area contributed by atoms with Gasteiger partial charge in [-0.3, -0.25) is 4.68 Å². The third-order valence-corrected chi connectivity index (χ3v) is 3.12. The van der Waals surface area contributed by atoms with Gasteiger partial charge < -0.3 is 5.73 Å². The summed E-state index contributed by atoms with van der Waals surface area (Å²) in [7, 11) is 0. The monoisotopic (exact) mass is 194 g/mol.